The van der Waals surface area contributed by atoms with Crippen LogP contribution in [0.4, 0.5) is 4.79 Å². The van der Waals surface area contributed by atoms with Crippen LogP contribution in [0.15, 0.2) is 60.7 Å². The lowest BCUT2D eigenvalue weighted by molar-refractivity contribution is -0.131. The second-order valence-corrected chi connectivity index (χ2v) is 13.0. The van der Waals surface area contributed by atoms with Crippen LogP contribution in [0.1, 0.15) is 78.4 Å². The van der Waals surface area contributed by atoms with E-state index in [1.807, 2.05) is 102 Å². The molecule has 0 saturated carbocycles. The van der Waals surface area contributed by atoms with Gasteiger partial charge in [0.1, 0.15) is 18.7 Å². The minimum absolute atomic E-state index is 0.0416. The molecule has 0 radical (unpaired) electrons. The van der Waals surface area contributed by atoms with Crippen LogP contribution in [-0.4, -0.2) is 59.7 Å². The first-order valence-electron chi connectivity index (χ1n) is 16.4. The van der Waals surface area contributed by atoms with Gasteiger partial charge in [-0.15, -0.1) is 0 Å². The summed E-state index contributed by atoms with van der Waals surface area (Å²) in [6.07, 6.45) is -0.128. The molecule has 0 saturated heterocycles. The maximum atomic E-state index is 13.7. The van der Waals surface area contributed by atoms with Gasteiger partial charge in [0, 0.05) is 13.0 Å². The van der Waals surface area contributed by atoms with Crippen LogP contribution in [0.3, 0.4) is 0 Å². The summed E-state index contributed by atoms with van der Waals surface area (Å²) in [4.78, 5) is 52.7. The van der Waals surface area contributed by atoms with E-state index < -0.39 is 42.1 Å². The molecule has 46 heavy (non-hydrogen) atoms. The fourth-order valence-corrected chi connectivity index (χ4v) is 4.88. The highest BCUT2D eigenvalue weighted by Gasteiger charge is 2.31. The van der Waals surface area contributed by atoms with E-state index >= 15 is 0 Å². The van der Waals surface area contributed by atoms with Crippen molar-refractivity contribution in [3.05, 3.63) is 71.8 Å². The van der Waals surface area contributed by atoms with Crippen LogP contribution in [0.5, 0.6) is 0 Å². The molecule has 0 heterocycles. The van der Waals surface area contributed by atoms with Gasteiger partial charge in [-0.2, -0.15) is 0 Å². The van der Waals surface area contributed by atoms with Crippen LogP contribution in [0, 0.1) is 17.8 Å². The Morgan fingerprint density at radius 1 is 0.739 bits per heavy atom. The van der Waals surface area contributed by atoms with Crippen LogP contribution >= 0.6 is 0 Å². The second kappa shape index (κ2) is 20.3. The molecule has 2 rings (SSSR count). The zero-order chi connectivity index (χ0) is 34.1. The first-order chi connectivity index (χ1) is 21.9. The van der Waals surface area contributed by atoms with E-state index in [1.165, 1.54) is 0 Å². The van der Waals surface area contributed by atoms with Crippen molar-refractivity contribution in [3.63, 3.8) is 0 Å². The lowest BCUT2D eigenvalue weighted by Crippen LogP contribution is -2.57. The van der Waals surface area contributed by atoms with Crippen molar-refractivity contribution in [3.8, 4) is 0 Å². The zero-order valence-corrected chi connectivity index (χ0v) is 28.3. The van der Waals surface area contributed by atoms with Crippen molar-refractivity contribution in [2.45, 2.75) is 104 Å². The number of aliphatic hydroxyl groups is 1. The Balaban J connectivity index is 2.16. The highest BCUT2D eigenvalue weighted by atomic mass is 16.5. The van der Waals surface area contributed by atoms with Crippen molar-refractivity contribution in [1.82, 2.24) is 21.3 Å². The van der Waals surface area contributed by atoms with Gasteiger partial charge in [-0.25, -0.2) is 4.79 Å². The lowest BCUT2D eigenvalue weighted by Gasteiger charge is -2.29. The molecule has 0 aliphatic rings. The molecule has 2 aromatic carbocycles. The van der Waals surface area contributed by atoms with Gasteiger partial charge in [-0.1, -0.05) is 109 Å². The third-order valence-electron chi connectivity index (χ3n) is 7.70. The van der Waals surface area contributed by atoms with Gasteiger partial charge < -0.3 is 31.1 Å². The number of ether oxygens (including phenoxy) is 1. The molecule has 0 spiro atoms. The van der Waals surface area contributed by atoms with Crippen molar-refractivity contribution in [2.75, 3.05) is 6.54 Å². The molecule has 1 unspecified atom stereocenters. The molecule has 0 bridgehead atoms. The first kappa shape index (κ1) is 38.3. The summed E-state index contributed by atoms with van der Waals surface area (Å²) >= 11 is 0. The second-order valence-electron chi connectivity index (χ2n) is 13.0. The molecule has 2 aromatic rings. The predicted molar refractivity (Wildman–Crippen MR) is 180 cm³/mol. The van der Waals surface area contributed by atoms with Crippen LogP contribution < -0.4 is 21.3 Å². The highest BCUT2D eigenvalue weighted by molar-refractivity contribution is 5.91. The fourth-order valence-electron chi connectivity index (χ4n) is 4.88. The quantitative estimate of drug-likeness (QED) is 0.153. The van der Waals surface area contributed by atoms with Crippen molar-refractivity contribution in [1.29, 1.82) is 0 Å². The lowest BCUT2D eigenvalue weighted by atomic mass is 9.95. The van der Waals surface area contributed by atoms with E-state index in [-0.39, 0.29) is 37.2 Å². The van der Waals surface area contributed by atoms with Gasteiger partial charge >= 0.3 is 6.09 Å². The van der Waals surface area contributed by atoms with Crippen LogP contribution in [0.25, 0.3) is 0 Å². The predicted octanol–water partition coefficient (Wildman–Crippen LogP) is 4.50. The van der Waals surface area contributed by atoms with Gasteiger partial charge in [0.15, 0.2) is 0 Å². The minimum atomic E-state index is -1.11. The standard InChI is InChI=1S/C36H54N4O6/c1-7-26(6)22-37-33(42)21-32(41)29(18-24(2)3)38-34(43)30(19-25(4)5)39-35(44)31(20-27-14-10-8-11-15-27)40-36(45)46-23-28-16-12-9-13-17-28/h8-17,24-26,29-32,41H,7,18-23H2,1-6H3,(H,37,42)(H,38,43)(H,39,44)(H,40,45)/t26?,29-,30-,31-,32-/m0/s1. The van der Waals surface area contributed by atoms with Gasteiger partial charge in [-0.3, -0.25) is 14.4 Å². The molecule has 10 nitrogen and oxygen atoms in total. The molecular weight excluding hydrogens is 584 g/mol. The first-order valence-corrected chi connectivity index (χ1v) is 16.4. The molecule has 254 valence electrons. The Bertz CT molecular complexity index is 1210. The summed E-state index contributed by atoms with van der Waals surface area (Å²) in [6, 6.07) is 15.8. The Morgan fingerprint density at radius 2 is 1.30 bits per heavy atom. The molecule has 0 fully saturated rings. The van der Waals surface area contributed by atoms with Gasteiger partial charge in [0.2, 0.25) is 17.7 Å². The van der Waals surface area contributed by atoms with Crippen LogP contribution in [-0.2, 0) is 32.1 Å². The number of carbonyl (C=O) groups excluding carboxylic acids is 4. The molecule has 0 aromatic heterocycles. The van der Waals surface area contributed by atoms with Crippen LogP contribution in [0.2, 0.25) is 0 Å². The molecule has 10 heteroatoms. The summed E-state index contributed by atoms with van der Waals surface area (Å²) < 4.78 is 5.38. The van der Waals surface area contributed by atoms with Crippen molar-refractivity contribution >= 4 is 23.8 Å². The fraction of sp³-hybridized carbons (Fsp3) is 0.556. The number of hydrogen-bond donors (Lipinski definition) is 5. The number of hydrogen-bond acceptors (Lipinski definition) is 6. The number of alkyl carbamates (subject to hydrolysis) is 1. The highest BCUT2D eigenvalue weighted by Crippen LogP contribution is 2.14. The van der Waals surface area contributed by atoms with Gasteiger partial charge in [0.05, 0.1) is 18.6 Å². The molecule has 0 aliphatic heterocycles. The number of carbonyl (C=O) groups is 4. The minimum Gasteiger partial charge on any atom is -0.445 e. The van der Waals surface area contributed by atoms with E-state index in [0.29, 0.717) is 25.3 Å². The molecule has 5 atom stereocenters. The summed E-state index contributed by atoms with van der Waals surface area (Å²) in [7, 11) is 0. The molecule has 0 aliphatic carbocycles. The van der Waals surface area contributed by atoms with Gasteiger partial charge in [0.25, 0.3) is 0 Å². The Kier molecular flexibility index (Phi) is 16.8. The SMILES string of the molecule is CCC(C)CNC(=O)C[C@H](O)[C@H](CC(C)C)NC(=O)[C@H](CC(C)C)NC(=O)[C@H](Cc1ccccc1)NC(=O)OCc1ccccc1. The van der Waals surface area contributed by atoms with E-state index in [0.717, 1.165) is 17.5 Å². The summed E-state index contributed by atoms with van der Waals surface area (Å²) in [5, 5.41) is 22.3. The Morgan fingerprint density at radius 3 is 1.87 bits per heavy atom. The number of benzene rings is 2. The Hall–Kier alpha value is -3.92. The number of aliphatic hydroxyl groups excluding tert-OH is 1. The number of amides is 4. The molecular formula is C36H54N4O6. The smallest absolute Gasteiger partial charge is 0.408 e. The number of rotatable bonds is 19. The maximum Gasteiger partial charge on any atom is 0.408 e. The van der Waals surface area contributed by atoms with E-state index in [4.69, 9.17) is 4.74 Å². The normalized spacial score (nSPS) is 14.5. The average Bonchev–Trinajstić information content (AvgIpc) is 3.02. The largest absolute Gasteiger partial charge is 0.445 e. The van der Waals surface area contributed by atoms with E-state index in [1.54, 1.807) is 0 Å². The Labute approximate surface area is 274 Å². The monoisotopic (exact) mass is 638 g/mol. The third kappa shape index (κ3) is 14.9. The summed E-state index contributed by atoms with van der Waals surface area (Å²) in [6.45, 7) is 12.5. The topological polar surface area (TPSA) is 146 Å². The van der Waals surface area contributed by atoms with Crippen molar-refractivity contribution < 1.29 is 29.0 Å². The maximum absolute atomic E-state index is 13.7. The van der Waals surface area contributed by atoms with Gasteiger partial charge in [-0.05, 0) is 41.7 Å². The molecule has 5 N–H and O–H groups in total. The molecule has 4 amide bonds. The van der Waals surface area contributed by atoms with Crippen molar-refractivity contribution in [2.24, 2.45) is 17.8 Å². The van der Waals surface area contributed by atoms with E-state index in [2.05, 4.69) is 21.3 Å². The summed E-state index contributed by atoms with van der Waals surface area (Å²) in [5.74, 6) is -0.784. The third-order valence-corrected chi connectivity index (χ3v) is 7.70. The zero-order valence-electron chi connectivity index (χ0n) is 28.3. The number of nitrogens with one attached hydrogen (secondary N) is 4. The average molecular weight is 639 g/mol. The summed E-state index contributed by atoms with van der Waals surface area (Å²) in [5.41, 5.74) is 1.63. The van der Waals surface area contributed by atoms with E-state index in [9.17, 15) is 24.3 Å².